The number of amides is 1. The molecule has 1 amide bonds. The van der Waals surface area contributed by atoms with Gasteiger partial charge in [-0.15, -0.1) is 0 Å². The molecule has 7 heteroatoms. The molecular formula is C18H22N4O3. The summed E-state index contributed by atoms with van der Waals surface area (Å²) in [5.74, 6) is 1.40. The SMILES string of the molecule is COc1ccc(NC(N)=NCc2cccc(NC(C)=O)c2)cc1OC. The summed E-state index contributed by atoms with van der Waals surface area (Å²) in [7, 11) is 3.15. The highest BCUT2D eigenvalue weighted by Crippen LogP contribution is 2.29. The lowest BCUT2D eigenvalue weighted by molar-refractivity contribution is -0.114. The monoisotopic (exact) mass is 342 g/mol. The largest absolute Gasteiger partial charge is 0.493 e. The summed E-state index contributed by atoms with van der Waals surface area (Å²) in [6.45, 7) is 1.86. The lowest BCUT2D eigenvalue weighted by Gasteiger charge is -2.11. The van der Waals surface area contributed by atoms with Gasteiger partial charge in [-0.25, -0.2) is 4.99 Å². The molecule has 0 heterocycles. The maximum Gasteiger partial charge on any atom is 0.221 e. The molecule has 0 saturated carbocycles. The van der Waals surface area contributed by atoms with Gasteiger partial charge < -0.3 is 25.8 Å². The van der Waals surface area contributed by atoms with Gasteiger partial charge in [0.1, 0.15) is 0 Å². The molecule has 0 bridgehead atoms. The van der Waals surface area contributed by atoms with Gasteiger partial charge >= 0.3 is 0 Å². The van der Waals surface area contributed by atoms with Crippen LogP contribution in [0.2, 0.25) is 0 Å². The molecule has 2 aromatic carbocycles. The van der Waals surface area contributed by atoms with Crippen LogP contribution in [0.15, 0.2) is 47.5 Å². The van der Waals surface area contributed by atoms with Gasteiger partial charge in [-0.3, -0.25) is 4.79 Å². The van der Waals surface area contributed by atoms with Crippen LogP contribution in [0, 0.1) is 0 Å². The number of nitrogens with two attached hydrogens (primary N) is 1. The zero-order chi connectivity index (χ0) is 18.2. The van der Waals surface area contributed by atoms with E-state index in [1.807, 2.05) is 30.3 Å². The Morgan fingerprint density at radius 3 is 2.44 bits per heavy atom. The predicted molar refractivity (Wildman–Crippen MR) is 99.2 cm³/mol. The molecule has 0 fully saturated rings. The maximum atomic E-state index is 11.1. The highest BCUT2D eigenvalue weighted by Gasteiger charge is 2.05. The quantitative estimate of drug-likeness (QED) is 0.554. The lowest BCUT2D eigenvalue weighted by atomic mass is 10.2. The highest BCUT2D eigenvalue weighted by molar-refractivity contribution is 5.92. The van der Waals surface area contributed by atoms with Crippen LogP contribution in [-0.4, -0.2) is 26.1 Å². The minimum Gasteiger partial charge on any atom is -0.493 e. The van der Waals surface area contributed by atoms with Crippen molar-refractivity contribution in [3.8, 4) is 11.5 Å². The molecule has 0 aliphatic carbocycles. The summed E-state index contributed by atoms with van der Waals surface area (Å²) in [4.78, 5) is 15.4. The van der Waals surface area contributed by atoms with Gasteiger partial charge in [0.05, 0.1) is 20.8 Å². The van der Waals surface area contributed by atoms with E-state index in [1.54, 1.807) is 26.4 Å². The minimum atomic E-state index is -0.115. The van der Waals surface area contributed by atoms with E-state index in [0.29, 0.717) is 18.0 Å². The summed E-state index contributed by atoms with van der Waals surface area (Å²) >= 11 is 0. The molecule has 132 valence electrons. The van der Waals surface area contributed by atoms with Gasteiger partial charge in [-0.1, -0.05) is 12.1 Å². The van der Waals surface area contributed by atoms with E-state index in [0.717, 1.165) is 16.9 Å². The van der Waals surface area contributed by atoms with E-state index in [4.69, 9.17) is 15.2 Å². The summed E-state index contributed by atoms with van der Waals surface area (Å²) in [6, 6.07) is 12.8. The molecule has 0 aliphatic rings. The van der Waals surface area contributed by atoms with Crippen molar-refractivity contribution >= 4 is 23.2 Å². The normalized spacial score (nSPS) is 10.9. The van der Waals surface area contributed by atoms with Crippen LogP contribution < -0.4 is 25.8 Å². The molecule has 0 radical (unpaired) electrons. The Hall–Kier alpha value is -3.22. The molecule has 4 N–H and O–H groups in total. The van der Waals surface area contributed by atoms with E-state index >= 15 is 0 Å². The second kappa shape index (κ2) is 8.58. The second-order valence-electron chi connectivity index (χ2n) is 5.28. The standard InChI is InChI=1S/C18H22N4O3/c1-12(23)21-14-6-4-5-13(9-14)11-20-18(19)22-15-7-8-16(24-2)17(10-15)25-3/h4-10H,11H2,1-3H3,(H,21,23)(H3,19,20,22). The van der Waals surface area contributed by atoms with Gasteiger partial charge in [-0.2, -0.15) is 0 Å². The molecule has 0 aliphatic heterocycles. The molecule has 0 spiro atoms. The van der Waals surface area contributed by atoms with Crippen molar-refractivity contribution < 1.29 is 14.3 Å². The number of benzene rings is 2. The Bertz CT molecular complexity index is 775. The van der Waals surface area contributed by atoms with E-state index in [9.17, 15) is 4.79 Å². The van der Waals surface area contributed by atoms with Gasteiger partial charge in [0.25, 0.3) is 0 Å². The predicted octanol–water partition coefficient (Wildman–Crippen LogP) is 2.59. The molecule has 2 rings (SSSR count). The van der Waals surface area contributed by atoms with Crippen molar-refractivity contribution in [1.82, 2.24) is 0 Å². The van der Waals surface area contributed by atoms with Crippen LogP contribution in [-0.2, 0) is 11.3 Å². The van der Waals surface area contributed by atoms with E-state index < -0.39 is 0 Å². The average molecular weight is 342 g/mol. The van der Waals surface area contributed by atoms with Crippen LogP contribution in [0.4, 0.5) is 11.4 Å². The molecular weight excluding hydrogens is 320 g/mol. The van der Waals surface area contributed by atoms with Crippen LogP contribution in [0.25, 0.3) is 0 Å². The fourth-order valence-corrected chi connectivity index (χ4v) is 2.23. The first kappa shape index (κ1) is 18.1. The van der Waals surface area contributed by atoms with Gasteiger partial charge in [0.2, 0.25) is 5.91 Å². The first-order valence-corrected chi connectivity index (χ1v) is 7.67. The van der Waals surface area contributed by atoms with Crippen LogP contribution in [0.1, 0.15) is 12.5 Å². The summed E-state index contributed by atoms with van der Waals surface area (Å²) in [5.41, 5.74) is 8.34. The number of hydrogen-bond donors (Lipinski definition) is 3. The third-order valence-corrected chi connectivity index (χ3v) is 3.34. The zero-order valence-electron chi connectivity index (χ0n) is 14.5. The first-order valence-electron chi connectivity index (χ1n) is 7.67. The number of aliphatic imine (C=N–C) groups is 1. The Morgan fingerprint density at radius 2 is 1.76 bits per heavy atom. The summed E-state index contributed by atoms with van der Waals surface area (Å²) in [6.07, 6.45) is 0. The Kier molecular flexibility index (Phi) is 6.22. The molecule has 0 saturated heterocycles. The number of nitrogens with zero attached hydrogens (tertiary/aromatic N) is 1. The Morgan fingerprint density at radius 1 is 1.04 bits per heavy atom. The van der Waals surface area contributed by atoms with Crippen molar-refractivity contribution in [2.24, 2.45) is 10.7 Å². The van der Waals surface area contributed by atoms with Crippen molar-refractivity contribution in [3.05, 3.63) is 48.0 Å². The number of guanidine groups is 1. The molecule has 0 aromatic heterocycles. The number of anilines is 2. The summed E-state index contributed by atoms with van der Waals surface area (Å²) < 4.78 is 10.4. The van der Waals surface area contributed by atoms with Gasteiger partial charge in [0, 0.05) is 24.4 Å². The van der Waals surface area contributed by atoms with Crippen molar-refractivity contribution in [3.63, 3.8) is 0 Å². The lowest BCUT2D eigenvalue weighted by Crippen LogP contribution is -2.22. The average Bonchev–Trinajstić information content (AvgIpc) is 2.59. The smallest absolute Gasteiger partial charge is 0.221 e. The van der Waals surface area contributed by atoms with E-state index in [2.05, 4.69) is 15.6 Å². The number of carbonyl (C=O) groups is 1. The number of rotatable bonds is 6. The molecule has 2 aromatic rings. The first-order chi connectivity index (χ1) is 12.0. The third-order valence-electron chi connectivity index (χ3n) is 3.34. The Labute approximate surface area is 146 Å². The second-order valence-corrected chi connectivity index (χ2v) is 5.28. The number of nitrogens with one attached hydrogen (secondary N) is 2. The molecule has 7 nitrogen and oxygen atoms in total. The van der Waals surface area contributed by atoms with Crippen molar-refractivity contribution in [1.29, 1.82) is 0 Å². The van der Waals surface area contributed by atoms with Crippen LogP contribution in [0.5, 0.6) is 11.5 Å². The number of ether oxygens (including phenoxy) is 2. The maximum absolute atomic E-state index is 11.1. The van der Waals surface area contributed by atoms with Gasteiger partial charge in [0.15, 0.2) is 17.5 Å². The zero-order valence-corrected chi connectivity index (χ0v) is 14.5. The van der Waals surface area contributed by atoms with Crippen molar-refractivity contribution in [2.75, 3.05) is 24.9 Å². The minimum absolute atomic E-state index is 0.115. The third kappa shape index (κ3) is 5.42. The molecule has 0 unspecified atom stereocenters. The van der Waals surface area contributed by atoms with Crippen molar-refractivity contribution in [2.45, 2.75) is 13.5 Å². The van der Waals surface area contributed by atoms with Gasteiger partial charge in [-0.05, 0) is 29.8 Å². The number of carbonyl (C=O) groups excluding carboxylic acids is 1. The van der Waals surface area contributed by atoms with E-state index in [-0.39, 0.29) is 11.9 Å². The Balaban J connectivity index is 2.03. The fraction of sp³-hybridized carbons (Fsp3) is 0.222. The van der Waals surface area contributed by atoms with Crippen LogP contribution in [0.3, 0.4) is 0 Å². The summed E-state index contributed by atoms with van der Waals surface area (Å²) in [5, 5.41) is 5.74. The topological polar surface area (TPSA) is 98.0 Å². The van der Waals surface area contributed by atoms with E-state index in [1.165, 1.54) is 6.92 Å². The number of hydrogen-bond acceptors (Lipinski definition) is 4. The number of methoxy groups -OCH3 is 2. The molecule has 0 atom stereocenters. The fourth-order valence-electron chi connectivity index (χ4n) is 2.23. The molecule has 25 heavy (non-hydrogen) atoms. The highest BCUT2D eigenvalue weighted by atomic mass is 16.5. The van der Waals surface area contributed by atoms with Crippen LogP contribution >= 0.6 is 0 Å².